The van der Waals surface area contributed by atoms with Crippen LogP contribution in [-0.4, -0.2) is 6.04 Å². The van der Waals surface area contributed by atoms with Gasteiger partial charge in [0.25, 0.3) is 0 Å². The van der Waals surface area contributed by atoms with Crippen molar-refractivity contribution in [2.75, 3.05) is 0 Å². The van der Waals surface area contributed by atoms with Crippen LogP contribution in [0.2, 0.25) is 10.0 Å². The van der Waals surface area contributed by atoms with Crippen molar-refractivity contribution in [3.8, 4) is 0 Å². The Kier molecular flexibility index (Phi) is 4.72. The third-order valence-electron chi connectivity index (χ3n) is 3.65. The molecule has 0 saturated heterocycles. The molecule has 0 heterocycles. The average Bonchev–Trinajstić information content (AvgIpc) is 2.31. The lowest BCUT2D eigenvalue weighted by Gasteiger charge is -2.27. The first-order valence-electron chi connectivity index (χ1n) is 6.33. The summed E-state index contributed by atoms with van der Waals surface area (Å²) in [6, 6.07) is 6.30. The summed E-state index contributed by atoms with van der Waals surface area (Å²) >= 11 is 12.3. The Labute approximate surface area is 114 Å². The van der Waals surface area contributed by atoms with E-state index in [9.17, 15) is 0 Å². The van der Waals surface area contributed by atoms with Gasteiger partial charge in [-0.2, -0.15) is 0 Å². The molecular weight excluding hydrogens is 253 g/mol. The summed E-state index contributed by atoms with van der Waals surface area (Å²) in [5.74, 6) is 0.886. The van der Waals surface area contributed by atoms with Gasteiger partial charge in [0, 0.05) is 28.2 Å². The Hall–Kier alpha value is -0.240. The van der Waals surface area contributed by atoms with Gasteiger partial charge in [0.15, 0.2) is 0 Å². The van der Waals surface area contributed by atoms with Gasteiger partial charge in [-0.3, -0.25) is 0 Å². The van der Waals surface area contributed by atoms with E-state index in [1.165, 1.54) is 25.7 Å². The van der Waals surface area contributed by atoms with Crippen LogP contribution < -0.4 is 5.32 Å². The van der Waals surface area contributed by atoms with Crippen LogP contribution >= 0.6 is 23.2 Å². The van der Waals surface area contributed by atoms with E-state index in [0.29, 0.717) is 6.04 Å². The monoisotopic (exact) mass is 271 g/mol. The van der Waals surface area contributed by atoms with E-state index in [-0.39, 0.29) is 0 Å². The zero-order chi connectivity index (χ0) is 12.3. The van der Waals surface area contributed by atoms with Gasteiger partial charge >= 0.3 is 0 Å². The molecule has 0 bridgehead atoms. The van der Waals surface area contributed by atoms with Gasteiger partial charge in [0.05, 0.1) is 0 Å². The van der Waals surface area contributed by atoms with E-state index in [4.69, 9.17) is 23.2 Å². The maximum absolute atomic E-state index is 6.15. The lowest BCUT2D eigenvalue weighted by molar-refractivity contribution is 0.306. The Balaban J connectivity index is 1.89. The molecular formula is C14H19Cl2N. The molecule has 17 heavy (non-hydrogen) atoms. The second-order valence-electron chi connectivity index (χ2n) is 5.04. The SMILES string of the molecule is CC1CCC(NCc2c(Cl)cccc2Cl)CC1. The fourth-order valence-corrected chi connectivity index (χ4v) is 2.94. The normalized spacial score (nSPS) is 24.9. The minimum atomic E-state index is 0.624. The summed E-state index contributed by atoms with van der Waals surface area (Å²) in [5.41, 5.74) is 1.02. The molecule has 0 unspecified atom stereocenters. The highest BCUT2D eigenvalue weighted by Gasteiger charge is 2.18. The first-order valence-corrected chi connectivity index (χ1v) is 7.08. The summed E-state index contributed by atoms with van der Waals surface area (Å²) in [7, 11) is 0. The fraction of sp³-hybridized carbons (Fsp3) is 0.571. The van der Waals surface area contributed by atoms with Gasteiger partial charge in [-0.25, -0.2) is 0 Å². The maximum Gasteiger partial charge on any atom is 0.0465 e. The van der Waals surface area contributed by atoms with Crippen molar-refractivity contribution in [1.82, 2.24) is 5.32 Å². The lowest BCUT2D eigenvalue weighted by Crippen LogP contribution is -2.32. The molecule has 0 amide bonds. The van der Waals surface area contributed by atoms with Crippen molar-refractivity contribution < 1.29 is 0 Å². The van der Waals surface area contributed by atoms with Crippen LogP contribution in [0, 0.1) is 5.92 Å². The molecule has 1 N–H and O–H groups in total. The summed E-state index contributed by atoms with van der Waals surface area (Å²) in [5, 5.41) is 5.09. The lowest BCUT2D eigenvalue weighted by atomic mass is 9.87. The largest absolute Gasteiger partial charge is 0.310 e. The number of hydrogen-bond acceptors (Lipinski definition) is 1. The second kappa shape index (κ2) is 6.08. The first kappa shape index (κ1) is 13.2. The first-order chi connectivity index (χ1) is 8.16. The van der Waals surface area contributed by atoms with Crippen molar-refractivity contribution in [2.24, 2.45) is 5.92 Å². The van der Waals surface area contributed by atoms with Crippen LogP contribution in [0.4, 0.5) is 0 Å². The van der Waals surface area contributed by atoms with Crippen LogP contribution in [0.3, 0.4) is 0 Å². The maximum atomic E-state index is 6.15. The third kappa shape index (κ3) is 3.61. The molecule has 1 aliphatic carbocycles. The molecule has 0 radical (unpaired) electrons. The molecule has 1 aromatic carbocycles. The molecule has 94 valence electrons. The van der Waals surface area contributed by atoms with Gasteiger partial charge in [-0.1, -0.05) is 36.2 Å². The van der Waals surface area contributed by atoms with Crippen LogP contribution in [0.1, 0.15) is 38.2 Å². The highest BCUT2D eigenvalue weighted by Crippen LogP contribution is 2.26. The number of hydrogen-bond donors (Lipinski definition) is 1. The minimum Gasteiger partial charge on any atom is -0.310 e. The van der Waals surface area contributed by atoms with E-state index in [1.54, 1.807) is 0 Å². The molecule has 1 fully saturated rings. The smallest absolute Gasteiger partial charge is 0.0465 e. The van der Waals surface area contributed by atoms with E-state index in [0.717, 1.165) is 28.1 Å². The number of nitrogens with one attached hydrogen (secondary N) is 1. The van der Waals surface area contributed by atoms with Crippen molar-refractivity contribution in [3.63, 3.8) is 0 Å². The van der Waals surface area contributed by atoms with Crippen LogP contribution in [0.15, 0.2) is 18.2 Å². The molecule has 1 nitrogen and oxygen atoms in total. The van der Waals surface area contributed by atoms with Gasteiger partial charge < -0.3 is 5.32 Å². The van der Waals surface area contributed by atoms with E-state index >= 15 is 0 Å². The molecule has 0 aromatic heterocycles. The van der Waals surface area contributed by atoms with E-state index < -0.39 is 0 Å². The van der Waals surface area contributed by atoms with Gasteiger partial charge in [-0.05, 0) is 43.7 Å². The minimum absolute atomic E-state index is 0.624. The van der Waals surface area contributed by atoms with E-state index in [1.807, 2.05) is 18.2 Å². The van der Waals surface area contributed by atoms with Crippen LogP contribution in [-0.2, 0) is 6.54 Å². The molecule has 1 aliphatic rings. The predicted molar refractivity (Wildman–Crippen MR) is 74.7 cm³/mol. The fourth-order valence-electron chi connectivity index (χ4n) is 2.41. The Morgan fingerprint density at radius 1 is 1.12 bits per heavy atom. The predicted octanol–water partition coefficient (Wildman–Crippen LogP) is 4.66. The van der Waals surface area contributed by atoms with Crippen molar-refractivity contribution in [1.29, 1.82) is 0 Å². The molecule has 0 spiro atoms. The topological polar surface area (TPSA) is 12.0 Å². The van der Waals surface area contributed by atoms with Crippen LogP contribution in [0.25, 0.3) is 0 Å². The van der Waals surface area contributed by atoms with Gasteiger partial charge in [0.1, 0.15) is 0 Å². The third-order valence-corrected chi connectivity index (χ3v) is 4.35. The summed E-state index contributed by atoms with van der Waals surface area (Å²) < 4.78 is 0. The summed E-state index contributed by atoms with van der Waals surface area (Å²) in [4.78, 5) is 0. The highest BCUT2D eigenvalue weighted by atomic mass is 35.5. The van der Waals surface area contributed by atoms with Crippen molar-refractivity contribution in [3.05, 3.63) is 33.8 Å². The molecule has 0 atom stereocenters. The van der Waals surface area contributed by atoms with Crippen LogP contribution in [0.5, 0.6) is 0 Å². The molecule has 0 aliphatic heterocycles. The number of benzene rings is 1. The number of halogens is 2. The molecule has 1 saturated carbocycles. The van der Waals surface area contributed by atoms with Gasteiger partial charge in [0.2, 0.25) is 0 Å². The van der Waals surface area contributed by atoms with Gasteiger partial charge in [-0.15, -0.1) is 0 Å². The Morgan fingerprint density at radius 3 is 2.29 bits per heavy atom. The quantitative estimate of drug-likeness (QED) is 0.843. The summed E-state index contributed by atoms with van der Waals surface area (Å²) in [6.45, 7) is 3.11. The van der Waals surface area contributed by atoms with Crippen molar-refractivity contribution >= 4 is 23.2 Å². The highest BCUT2D eigenvalue weighted by molar-refractivity contribution is 6.35. The summed E-state index contributed by atoms with van der Waals surface area (Å²) in [6.07, 6.45) is 5.19. The Morgan fingerprint density at radius 2 is 1.71 bits per heavy atom. The molecule has 1 aromatic rings. The average molecular weight is 272 g/mol. The van der Waals surface area contributed by atoms with E-state index in [2.05, 4.69) is 12.2 Å². The standard InChI is InChI=1S/C14H19Cl2N/c1-10-5-7-11(8-6-10)17-9-12-13(15)3-2-4-14(12)16/h2-4,10-11,17H,5-9H2,1H3. The Bertz CT molecular complexity index is 350. The zero-order valence-corrected chi connectivity index (χ0v) is 11.7. The molecule has 2 rings (SSSR count). The van der Waals surface area contributed by atoms with Crippen molar-refractivity contribution in [2.45, 2.75) is 45.2 Å². The zero-order valence-electron chi connectivity index (χ0n) is 10.2. The second-order valence-corrected chi connectivity index (χ2v) is 5.85. The number of rotatable bonds is 3. The molecule has 3 heteroatoms.